The Kier molecular flexibility index (Phi) is 7.54. The van der Waals surface area contributed by atoms with Crippen LogP contribution in [0.1, 0.15) is 69.7 Å². The van der Waals surface area contributed by atoms with Crippen molar-refractivity contribution in [3.63, 3.8) is 0 Å². The van der Waals surface area contributed by atoms with Crippen molar-refractivity contribution in [2.45, 2.75) is 64.9 Å². The summed E-state index contributed by atoms with van der Waals surface area (Å²) in [5.41, 5.74) is 3.10. The van der Waals surface area contributed by atoms with Gasteiger partial charge in [-0.25, -0.2) is 0 Å². The minimum absolute atomic E-state index is 0.0639. The lowest BCUT2D eigenvalue weighted by Gasteiger charge is -2.17. The monoisotopic (exact) mass is 379 g/mol. The normalized spacial score (nSPS) is 13.9. The summed E-state index contributed by atoms with van der Waals surface area (Å²) < 4.78 is 2.15. The van der Waals surface area contributed by atoms with Gasteiger partial charge in [0.25, 0.3) is 0 Å². The molecule has 2 N–H and O–H groups in total. The Morgan fingerprint density at radius 2 is 2.00 bits per heavy atom. The first kappa shape index (κ1) is 20.8. The summed E-state index contributed by atoms with van der Waals surface area (Å²) in [7, 11) is 2.03. The van der Waals surface area contributed by atoms with Gasteiger partial charge in [-0.05, 0) is 43.4 Å². The number of rotatable bonds is 10. The number of aryl methyl sites for hydroxylation is 1. The molecule has 0 saturated carbocycles. The topological polar surface area (TPSA) is 62.5 Å². The number of aromatic nitrogens is 1. The Labute approximate surface area is 160 Å². The second-order valence-electron chi connectivity index (χ2n) is 7.35. The molecule has 0 radical (unpaired) electrons. The highest BCUT2D eigenvalue weighted by molar-refractivity contribution is 6.31. The highest BCUT2D eigenvalue weighted by atomic mass is 35.5. The van der Waals surface area contributed by atoms with Crippen molar-refractivity contribution in [3.05, 3.63) is 34.5 Å². The van der Waals surface area contributed by atoms with Crippen LogP contribution >= 0.6 is 11.6 Å². The maximum atomic E-state index is 11.0. The number of benzene rings is 1. The predicted octanol–water partition coefficient (Wildman–Crippen LogP) is 5.49. The Morgan fingerprint density at radius 1 is 1.27 bits per heavy atom. The molecule has 0 aliphatic heterocycles. The summed E-state index contributed by atoms with van der Waals surface area (Å²) in [5.74, 6) is -0.921. The molecule has 2 aromatic rings. The summed E-state index contributed by atoms with van der Waals surface area (Å²) in [4.78, 5) is 11.0. The van der Waals surface area contributed by atoms with Gasteiger partial charge >= 0.3 is 5.97 Å². The van der Waals surface area contributed by atoms with E-state index in [0.717, 1.165) is 35.0 Å². The molecule has 2 rings (SSSR count). The zero-order valence-corrected chi connectivity index (χ0v) is 16.7. The van der Waals surface area contributed by atoms with E-state index in [4.69, 9.17) is 16.7 Å². The summed E-state index contributed by atoms with van der Waals surface area (Å²) in [5, 5.41) is 21.6. The third-order valence-corrected chi connectivity index (χ3v) is 5.31. The van der Waals surface area contributed by atoms with Crippen LogP contribution in [0.15, 0.2) is 18.2 Å². The first-order chi connectivity index (χ1) is 12.3. The molecule has 0 bridgehead atoms. The first-order valence-electron chi connectivity index (χ1n) is 9.51. The number of aliphatic hydroxyl groups excluding tert-OH is 1. The molecule has 1 heterocycles. The van der Waals surface area contributed by atoms with E-state index in [1.807, 2.05) is 32.2 Å². The number of hydrogen-bond acceptors (Lipinski definition) is 2. The number of halogens is 1. The third-order valence-electron chi connectivity index (χ3n) is 5.07. The van der Waals surface area contributed by atoms with Gasteiger partial charge in [0.2, 0.25) is 0 Å². The van der Waals surface area contributed by atoms with Gasteiger partial charge in [0.15, 0.2) is 0 Å². The van der Waals surface area contributed by atoms with Gasteiger partial charge in [0.05, 0.1) is 6.10 Å². The first-order valence-corrected chi connectivity index (χ1v) is 9.89. The maximum absolute atomic E-state index is 11.0. The lowest BCUT2D eigenvalue weighted by atomic mass is 9.93. The van der Waals surface area contributed by atoms with Crippen molar-refractivity contribution in [3.8, 4) is 0 Å². The van der Waals surface area contributed by atoms with Gasteiger partial charge in [-0.1, -0.05) is 44.7 Å². The number of unbranched alkanes of at least 4 members (excludes halogenated alkanes) is 3. The average Bonchev–Trinajstić information content (AvgIpc) is 2.82. The second kappa shape index (κ2) is 9.43. The average molecular weight is 380 g/mol. The summed E-state index contributed by atoms with van der Waals surface area (Å²) in [6.45, 7) is 4.06. The summed E-state index contributed by atoms with van der Waals surface area (Å²) >= 11 is 6.21. The standard InChI is InChI=1S/C21H30ClNO3/c1-4-5-6-7-8-18-21(19(24)11-14(2)12-20(25)26)16-13-15(22)9-10-17(16)23(18)3/h9-10,13-14,19,24H,4-8,11-12H2,1-3H3,(H,25,26)/t14-,19?/m1/s1. The number of hydrogen-bond donors (Lipinski definition) is 2. The quantitative estimate of drug-likeness (QED) is 0.536. The highest BCUT2D eigenvalue weighted by Gasteiger charge is 2.23. The molecule has 0 saturated heterocycles. The molecule has 5 heteroatoms. The maximum Gasteiger partial charge on any atom is 0.303 e. The highest BCUT2D eigenvalue weighted by Crippen LogP contribution is 2.36. The van der Waals surface area contributed by atoms with E-state index in [-0.39, 0.29) is 12.3 Å². The minimum Gasteiger partial charge on any atom is -0.481 e. The van der Waals surface area contributed by atoms with Gasteiger partial charge in [0, 0.05) is 40.7 Å². The Balaban J connectivity index is 2.36. The van der Waals surface area contributed by atoms with Crippen LogP contribution in [0, 0.1) is 5.92 Å². The Bertz CT molecular complexity index is 753. The molecule has 1 aromatic carbocycles. The van der Waals surface area contributed by atoms with E-state index >= 15 is 0 Å². The van der Waals surface area contributed by atoms with Crippen LogP contribution in [-0.2, 0) is 18.3 Å². The molecule has 0 aliphatic rings. The molecule has 26 heavy (non-hydrogen) atoms. The van der Waals surface area contributed by atoms with E-state index in [1.54, 1.807) is 0 Å². The number of aliphatic hydroxyl groups is 1. The van der Waals surface area contributed by atoms with Crippen LogP contribution < -0.4 is 0 Å². The second-order valence-corrected chi connectivity index (χ2v) is 7.78. The molecular formula is C21H30ClNO3. The molecular weight excluding hydrogens is 350 g/mol. The lowest BCUT2D eigenvalue weighted by molar-refractivity contribution is -0.138. The van der Waals surface area contributed by atoms with Crippen molar-refractivity contribution < 1.29 is 15.0 Å². The summed E-state index contributed by atoms with van der Waals surface area (Å²) in [6.07, 6.45) is 5.36. The van der Waals surface area contributed by atoms with Crippen molar-refractivity contribution in [1.82, 2.24) is 4.57 Å². The van der Waals surface area contributed by atoms with Crippen LogP contribution in [-0.4, -0.2) is 20.7 Å². The Hall–Kier alpha value is -1.52. The molecule has 4 nitrogen and oxygen atoms in total. The number of aliphatic carboxylic acids is 1. The van der Waals surface area contributed by atoms with Crippen LogP contribution in [0.2, 0.25) is 5.02 Å². The van der Waals surface area contributed by atoms with Gasteiger partial charge in [0.1, 0.15) is 0 Å². The molecule has 0 amide bonds. The van der Waals surface area contributed by atoms with Crippen LogP contribution in [0.5, 0.6) is 0 Å². The van der Waals surface area contributed by atoms with Crippen molar-refractivity contribution in [2.75, 3.05) is 0 Å². The number of carbonyl (C=O) groups is 1. The minimum atomic E-state index is -0.828. The van der Waals surface area contributed by atoms with Crippen LogP contribution in [0.4, 0.5) is 0 Å². The predicted molar refractivity (Wildman–Crippen MR) is 107 cm³/mol. The summed E-state index contributed by atoms with van der Waals surface area (Å²) in [6, 6.07) is 5.77. The van der Waals surface area contributed by atoms with Crippen molar-refractivity contribution in [2.24, 2.45) is 13.0 Å². The van der Waals surface area contributed by atoms with E-state index in [1.165, 1.54) is 19.3 Å². The molecule has 1 aromatic heterocycles. The van der Waals surface area contributed by atoms with Gasteiger partial charge in [-0.15, -0.1) is 0 Å². The van der Waals surface area contributed by atoms with Crippen molar-refractivity contribution >= 4 is 28.5 Å². The van der Waals surface area contributed by atoms with Gasteiger partial charge in [-0.2, -0.15) is 0 Å². The largest absolute Gasteiger partial charge is 0.481 e. The third kappa shape index (κ3) is 5.01. The Morgan fingerprint density at radius 3 is 2.65 bits per heavy atom. The lowest BCUT2D eigenvalue weighted by Crippen LogP contribution is -2.11. The van der Waals surface area contributed by atoms with Crippen LogP contribution in [0.25, 0.3) is 10.9 Å². The van der Waals surface area contributed by atoms with E-state index < -0.39 is 12.1 Å². The number of nitrogens with zero attached hydrogens (tertiary/aromatic N) is 1. The zero-order chi connectivity index (χ0) is 19.3. The molecule has 0 aliphatic carbocycles. The molecule has 2 atom stereocenters. The van der Waals surface area contributed by atoms with Crippen molar-refractivity contribution in [1.29, 1.82) is 0 Å². The zero-order valence-electron chi connectivity index (χ0n) is 16.0. The SMILES string of the molecule is CCCCCCc1c(C(O)C[C@@H](C)CC(=O)O)c2cc(Cl)ccc2n1C. The molecule has 144 valence electrons. The van der Waals surface area contributed by atoms with E-state index in [2.05, 4.69) is 11.5 Å². The molecule has 0 fully saturated rings. The van der Waals surface area contributed by atoms with Gasteiger partial charge < -0.3 is 14.8 Å². The smallest absolute Gasteiger partial charge is 0.303 e. The van der Waals surface area contributed by atoms with E-state index in [9.17, 15) is 9.90 Å². The number of fused-ring (bicyclic) bond motifs is 1. The molecule has 0 spiro atoms. The fourth-order valence-electron chi connectivity index (χ4n) is 3.77. The number of carboxylic acid groups (broad SMARTS) is 1. The van der Waals surface area contributed by atoms with E-state index in [0.29, 0.717) is 11.4 Å². The van der Waals surface area contributed by atoms with Gasteiger partial charge in [-0.3, -0.25) is 4.79 Å². The fraction of sp³-hybridized carbons (Fsp3) is 0.571. The van der Waals surface area contributed by atoms with Crippen LogP contribution in [0.3, 0.4) is 0 Å². The molecule has 1 unspecified atom stereocenters. The number of carboxylic acids is 1. The fourth-order valence-corrected chi connectivity index (χ4v) is 3.94.